The molecule has 2 heterocycles. The molecule has 0 saturated carbocycles. The molecule has 3 N–H and O–H groups in total. The van der Waals surface area contributed by atoms with Crippen molar-refractivity contribution in [3.8, 4) is 5.69 Å². The van der Waals surface area contributed by atoms with Crippen molar-refractivity contribution >= 4 is 30.7 Å². The number of ether oxygens (including phenoxy) is 1. The molecule has 1 amide bonds. The number of amides is 1. The van der Waals surface area contributed by atoms with Crippen molar-refractivity contribution in [1.29, 1.82) is 0 Å². The van der Waals surface area contributed by atoms with E-state index in [0.29, 0.717) is 13.2 Å². The van der Waals surface area contributed by atoms with Crippen LogP contribution in [0.4, 0.5) is 0 Å². The number of imidazole rings is 1. The Labute approximate surface area is 172 Å². The van der Waals surface area contributed by atoms with E-state index < -0.39 is 6.04 Å². The molecule has 2 atom stereocenters. The van der Waals surface area contributed by atoms with Crippen molar-refractivity contribution in [3.05, 3.63) is 48.0 Å². The van der Waals surface area contributed by atoms with E-state index in [0.717, 1.165) is 29.9 Å². The fourth-order valence-electron chi connectivity index (χ4n) is 3.26. The minimum atomic E-state index is -0.473. The first-order chi connectivity index (χ1) is 12.1. The van der Waals surface area contributed by atoms with Gasteiger partial charge in [0.05, 0.1) is 12.1 Å². The number of halogens is 2. The Bertz CT molecular complexity index is 715. The monoisotopic (exact) mass is 414 g/mol. The summed E-state index contributed by atoms with van der Waals surface area (Å²) < 4.78 is 7.36. The maximum atomic E-state index is 12.4. The standard InChI is InChI=1S/C19H26N4O2.2ClH/c1-13(22-19(24)18(20)16-7-11-25-12-8-16)15-3-5-17(6-4-15)23-10-9-21-14(23)2;;/h3-6,9-10,13,16,18H,7-8,11-12,20H2,1-2H3,(H,22,24);2*1H. The van der Waals surface area contributed by atoms with Crippen LogP contribution in [0.2, 0.25) is 0 Å². The Balaban J connectivity index is 0.00000182. The first-order valence-corrected chi connectivity index (χ1v) is 8.80. The van der Waals surface area contributed by atoms with Crippen molar-refractivity contribution in [3.63, 3.8) is 0 Å². The SMILES string of the molecule is Cc1nccn1-c1ccc(C(C)NC(=O)C(N)C2CCOCC2)cc1.Cl.Cl. The largest absolute Gasteiger partial charge is 0.381 e. The molecular weight excluding hydrogens is 387 g/mol. The van der Waals surface area contributed by atoms with Gasteiger partial charge in [0.1, 0.15) is 5.82 Å². The van der Waals surface area contributed by atoms with Gasteiger partial charge in [0.25, 0.3) is 0 Å². The van der Waals surface area contributed by atoms with Gasteiger partial charge < -0.3 is 20.4 Å². The predicted octanol–water partition coefficient (Wildman–Crippen LogP) is 2.96. The molecule has 3 rings (SSSR count). The first kappa shape index (κ1) is 23.4. The smallest absolute Gasteiger partial charge is 0.237 e. The van der Waals surface area contributed by atoms with Crippen LogP contribution in [0, 0.1) is 12.8 Å². The van der Waals surface area contributed by atoms with Gasteiger partial charge in [-0.25, -0.2) is 4.98 Å². The molecule has 1 fully saturated rings. The van der Waals surface area contributed by atoms with Crippen LogP contribution in [0.15, 0.2) is 36.7 Å². The third-order valence-electron chi connectivity index (χ3n) is 4.93. The molecule has 1 aromatic heterocycles. The lowest BCUT2D eigenvalue weighted by Crippen LogP contribution is -2.47. The number of nitrogens with two attached hydrogens (primary N) is 1. The highest BCUT2D eigenvalue weighted by atomic mass is 35.5. The maximum Gasteiger partial charge on any atom is 0.237 e. The molecular formula is C19H28Cl2N4O2. The Kier molecular flexibility index (Phi) is 9.26. The zero-order valence-corrected chi connectivity index (χ0v) is 17.3. The number of carbonyl (C=O) groups excluding carboxylic acids is 1. The van der Waals surface area contributed by atoms with E-state index in [1.165, 1.54) is 0 Å². The highest BCUT2D eigenvalue weighted by Gasteiger charge is 2.27. The van der Waals surface area contributed by atoms with Gasteiger partial charge in [-0.05, 0) is 50.3 Å². The van der Waals surface area contributed by atoms with E-state index in [-0.39, 0.29) is 42.7 Å². The number of aryl methyl sites for hydroxylation is 1. The van der Waals surface area contributed by atoms with Gasteiger partial charge in [0.15, 0.2) is 0 Å². The molecule has 1 aliphatic heterocycles. The van der Waals surface area contributed by atoms with Gasteiger partial charge in [-0.3, -0.25) is 4.79 Å². The molecule has 27 heavy (non-hydrogen) atoms. The number of rotatable bonds is 5. The number of nitrogens with one attached hydrogen (secondary N) is 1. The maximum absolute atomic E-state index is 12.4. The molecule has 150 valence electrons. The van der Waals surface area contributed by atoms with Gasteiger partial charge in [-0.15, -0.1) is 24.8 Å². The summed E-state index contributed by atoms with van der Waals surface area (Å²) in [5, 5.41) is 3.03. The van der Waals surface area contributed by atoms with Crippen molar-refractivity contribution < 1.29 is 9.53 Å². The van der Waals surface area contributed by atoms with E-state index in [1.54, 1.807) is 6.20 Å². The van der Waals surface area contributed by atoms with Gasteiger partial charge >= 0.3 is 0 Å². The number of hydrogen-bond donors (Lipinski definition) is 2. The van der Waals surface area contributed by atoms with Crippen LogP contribution in [0.1, 0.15) is 37.2 Å². The van der Waals surface area contributed by atoms with E-state index in [1.807, 2.05) is 48.9 Å². The normalized spacial score (nSPS) is 16.6. The van der Waals surface area contributed by atoms with E-state index in [9.17, 15) is 4.79 Å². The lowest BCUT2D eigenvalue weighted by molar-refractivity contribution is -0.125. The second kappa shape index (κ2) is 10.7. The second-order valence-electron chi connectivity index (χ2n) is 6.64. The summed E-state index contributed by atoms with van der Waals surface area (Å²) in [6, 6.07) is 7.56. The molecule has 0 spiro atoms. The average molecular weight is 415 g/mol. The van der Waals surface area contributed by atoms with Crippen LogP contribution in [0.5, 0.6) is 0 Å². The number of nitrogens with zero attached hydrogens (tertiary/aromatic N) is 2. The van der Waals surface area contributed by atoms with Crippen molar-refractivity contribution in [2.75, 3.05) is 13.2 Å². The van der Waals surface area contributed by atoms with Crippen LogP contribution >= 0.6 is 24.8 Å². The van der Waals surface area contributed by atoms with Crippen molar-refractivity contribution in [1.82, 2.24) is 14.9 Å². The summed E-state index contributed by atoms with van der Waals surface area (Å²) >= 11 is 0. The zero-order chi connectivity index (χ0) is 17.8. The van der Waals surface area contributed by atoms with Crippen LogP contribution < -0.4 is 11.1 Å². The molecule has 6 nitrogen and oxygen atoms in total. The van der Waals surface area contributed by atoms with E-state index in [4.69, 9.17) is 10.5 Å². The summed E-state index contributed by atoms with van der Waals surface area (Å²) in [5.41, 5.74) is 8.25. The third-order valence-corrected chi connectivity index (χ3v) is 4.93. The zero-order valence-electron chi connectivity index (χ0n) is 15.6. The molecule has 2 aromatic rings. The number of aromatic nitrogens is 2. The number of carbonyl (C=O) groups is 1. The Morgan fingerprint density at radius 1 is 1.26 bits per heavy atom. The Morgan fingerprint density at radius 2 is 1.89 bits per heavy atom. The molecule has 1 aromatic carbocycles. The number of benzene rings is 1. The average Bonchev–Trinajstić information content (AvgIpc) is 3.07. The molecule has 0 bridgehead atoms. The highest BCUT2D eigenvalue weighted by molar-refractivity contribution is 5.85. The summed E-state index contributed by atoms with van der Waals surface area (Å²) in [7, 11) is 0. The molecule has 0 aliphatic carbocycles. The van der Waals surface area contributed by atoms with E-state index >= 15 is 0 Å². The highest BCUT2D eigenvalue weighted by Crippen LogP contribution is 2.20. The molecule has 1 saturated heterocycles. The lowest BCUT2D eigenvalue weighted by atomic mass is 9.91. The van der Waals surface area contributed by atoms with E-state index in [2.05, 4.69) is 10.3 Å². The summed E-state index contributed by atoms with van der Waals surface area (Å²) in [5.74, 6) is 1.05. The predicted molar refractivity (Wildman–Crippen MR) is 111 cm³/mol. The van der Waals surface area contributed by atoms with Crippen LogP contribution in [-0.2, 0) is 9.53 Å². The minimum absolute atomic E-state index is 0. The van der Waals surface area contributed by atoms with Gasteiger partial charge in [0, 0.05) is 31.3 Å². The van der Waals surface area contributed by atoms with Gasteiger partial charge in [-0.1, -0.05) is 12.1 Å². The Hall–Kier alpha value is -1.60. The molecule has 8 heteroatoms. The molecule has 0 radical (unpaired) electrons. The van der Waals surface area contributed by atoms with Crippen LogP contribution in [0.3, 0.4) is 0 Å². The summed E-state index contributed by atoms with van der Waals surface area (Å²) in [6.07, 6.45) is 5.41. The topological polar surface area (TPSA) is 82.2 Å². The van der Waals surface area contributed by atoms with Crippen LogP contribution in [0.25, 0.3) is 5.69 Å². The number of hydrogen-bond acceptors (Lipinski definition) is 4. The summed E-state index contributed by atoms with van der Waals surface area (Å²) in [4.78, 5) is 16.7. The quantitative estimate of drug-likeness (QED) is 0.787. The van der Waals surface area contributed by atoms with Crippen molar-refractivity contribution in [2.45, 2.75) is 38.8 Å². The third kappa shape index (κ3) is 5.69. The summed E-state index contributed by atoms with van der Waals surface area (Å²) in [6.45, 7) is 5.33. The fraction of sp³-hybridized carbons (Fsp3) is 0.474. The van der Waals surface area contributed by atoms with Crippen LogP contribution in [-0.4, -0.2) is 34.7 Å². The molecule has 1 aliphatic rings. The lowest BCUT2D eigenvalue weighted by Gasteiger charge is -2.28. The van der Waals surface area contributed by atoms with Crippen molar-refractivity contribution in [2.24, 2.45) is 11.7 Å². The van der Waals surface area contributed by atoms with Gasteiger partial charge in [-0.2, -0.15) is 0 Å². The first-order valence-electron chi connectivity index (χ1n) is 8.80. The molecule has 2 unspecified atom stereocenters. The second-order valence-corrected chi connectivity index (χ2v) is 6.64. The Morgan fingerprint density at radius 3 is 2.44 bits per heavy atom. The fourth-order valence-corrected chi connectivity index (χ4v) is 3.26. The minimum Gasteiger partial charge on any atom is -0.381 e. The van der Waals surface area contributed by atoms with Gasteiger partial charge in [0.2, 0.25) is 5.91 Å².